The summed E-state index contributed by atoms with van der Waals surface area (Å²) in [4.78, 5) is 28.8. The molecule has 1 amide bonds. The van der Waals surface area contributed by atoms with E-state index in [9.17, 15) is 9.59 Å². The smallest absolute Gasteiger partial charge is 0.340 e. The van der Waals surface area contributed by atoms with Gasteiger partial charge in [0.15, 0.2) is 6.61 Å². The third-order valence-corrected chi connectivity index (χ3v) is 4.81. The number of ether oxygens (including phenoxy) is 1. The molecule has 0 saturated heterocycles. The van der Waals surface area contributed by atoms with E-state index in [1.54, 1.807) is 22.9 Å². The lowest BCUT2D eigenvalue weighted by atomic mass is 10.1. The molecule has 0 aliphatic heterocycles. The van der Waals surface area contributed by atoms with Gasteiger partial charge in [-0.2, -0.15) is 5.10 Å². The van der Waals surface area contributed by atoms with Crippen molar-refractivity contribution in [2.75, 3.05) is 11.9 Å². The normalized spacial score (nSPS) is 10.6. The maximum absolute atomic E-state index is 12.5. The van der Waals surface area contributed by atoms with Gasteiger partial charge in [-0.3, -0.25) is 9.78 Å². The molecule has 0 atom stereocenters. The summed E-state index contributed by atoms with van der Waals surface area (Å²) in [5.74, 6) is -0.597. The zero-order chi connectivity index (χ0) is 22.5. The molecule has 0 fully saturated rings. The SMILES string of the molecule is Cc1ccc(-c2cc(NC(=O)COC(=O)c3ccc(C)nc3)n(-c3ccccc3)n2)cc1. The fraction of sp³-hybridized carbons (Fsp3) is 0.120. The van der Waals surface area contributed by atoms with Crippen molar-refractivity contribution in [3.63, 3.8) is 0 Å². The van der Waals surface area contributed by atoms with Crippen molar-refractivity contribution in [2.24, 2.45) is 0 Å². The molecule has 7 nitrogen and oxygen atoms in total. The number of hydrogen-bond donors (Lipinski definition) is 1. The number of nitrogens with one attached hydrogen (secondary N) is 1. The maximum Gasteiger partial charge on any atom is 0.340 e. The first-order valence-electron chi connectivity index (χ1n) is 10.1. The van der Waals surface area contributed by atoms with Gasteiger partial charge in [-0.1, -0.05) is 48.0 Å². The minimum absolute atomic E-state index is 0.291. The summed E-state index contributed by atoms with van der Waals surface area (Å²) in [5.41, 5.74) is 4.67. The van der Waals surface area contributed by atoms with Gasteiger partial charge < -0.3 is 10.1 Å². The van der Waals surface area contributed by atoms with Crippen molar-refractivity contribution in [1.82, 2.24) is 14.8 Å². The van der Waals surface area contributed by atoms with E-state index in [4.69, 9.17) is 4.74 Å². The van der Waals surface area contributed by atoms with Gasteiger partial charge in [-0.15, -0.1) is 0 Å². The van der Waals surface area contributed by atoms with Crippen molar-refractivity contribution in [3.05, 3.63) is 95.8 Å². The summed E-state index contributed by atoms with van der Waals surface area (Å²) in [6.07, 6.45) is 1.42. The van der Waals surface area contributed by atoms with Crippen LogP contribution in [0.4, 0.5) is 5.82 Å². The first-order valence-corrected chi connectivity index (χ1v) is 10.1. The van der Waals surface area contributed by atoms with Crippen molar-refractivity contribution in [1.29, 1.82) is 0 Å². The summed E-state index contributed by atoms with van der Waals surface area (Å²) >= 11 is 0. The Balaban J connectivity index is 1.52. The second-order valence-corrected chi connectivity index (χ2v) is 7.34. The monoisotopic (exact) mass is 426 g/mol. The first kappa shape index (κ1) is 21.0. The summed E-state index contributed by atoms with van der Waals surface area (Å²) in [5, 5.41) is 7.47. The summed E-state index contributed by atoms with van der Waals surface area (Å²) in [6.45, 7) is 3.42. The number of esters is 1. The molecule has 0 spiro atoms. The summed E-state index contributed by atoms with van der Waals surface area (Å²) in [6, 6.07) is 22.6. The third-order valence-electron chi connectivity index (χ3n) is 4.81. The number of aromatic nitrogens is 3. The van der Waals surface area contributed by atoms with Crippen LogP contribution in [0.1, 0.15) is 21.6 Å². The van der Waals surface area contributed by atoms with Crippen LogP contribution in [-0.4, -0.2) is 33.2 Å². The van der Waals surface area contributed by atoms with E-state index >= 15 is 0 Å². The van der Waals surface area contributed by atoms with E-state index in [2.05, 4.69) is 15.4 Å². The molecule has 0 bridgehead atoms. The maximum atomic E-state index is 12.5. The number of aryl methyl sites for hydroxylation is 2. The van der Waals surface area contributed by atoms with Crippen molar-refractivity contribution < 1.29 is 14.3 Å². The zero-order valence-electron chi connectivity index (χ0n) is 17.8. The molecule has 0 unspecified atom stereocenters. The molecule has 2 heterocycles. The topological polar surface area (TPSA) is 86.1 Å². The molecule has 2 aromatic carbocycles. The Hall–Kier alpha value is -4.26. The number of carbonyl (C=O) groups excluding carboxylic acids is 2. The molecule has 7 heteroatoms. The van der Waals surface area contributed by atoms with Crippen LogP contribution in [0.3, 0.4) is 0 Å². The number of para-hydroxylation sites is 1. The number of carbonyl (C=O) groups is 2. The standard InChI is InChI=1S/C25H22N4O3/c1-17-8-11-19(12-9-17)22-14-23(29(28-22)21-6-4-3-5-7-21)27-24(30)16-32-25(31)20-13-10-18(2)26-15-20/h3-15H,16H2,1-2H3,(H,27,30). The largest absolute Gasteiger partial charge is 0.452 e. The molecule has 2 aromatic heterocycles. The Morgan fingerprint density at radius 1 is 0.969 bits per heavy atom. The van der Waals surface area contributed by atoms with Gasteiger partial charge in [-0.25, -0.2) is 9.48 Å². The number of benzene rings is 2. The molecule has 32 heavy (non-hydrogen) atoms. The van der Waals surface area contributed by atoms with E-state index in [0.717, 1.165) is 22.5 Å². The lowest BCUT2D eigenvalue weighted by Crippen LogP contribution is -2.22. The molecule has 0 aliphatic carbocycles. The number of pyridine rings is 1. The molecule has 160 valence electrons. The van der Waals surface area contributed by atoms with Crippen LogP contribution < -0.4 is 5.32 Å². The van der Waals surface area contributed by atoms with Crippen LogP contribution in [0, 0.1) is 13.8 Å². The quantitative estimate of drug-likeness (QED) is 0.464. The highest BCUT2D eigenvalue weighted by molar-refractivity contribution is 5.95. The highest BCUT2D eigenvalue weighted by atomic mass is 16.5. The fourth-order valence-electron chi connectivity index (χ4n) is 3.08. The highest BCUT2D eigenvalue weighted by Crippen LogP contribution is 2.25. The van der Waals surface area contributed by atoms with Crippen LogP contribution >= 0.6 is 0 Å². The minimum atomic E-state index is -0.607. The molecule has 0 saturated carbocycles. The number of anilines is 1. The minimum Gasteiger partial charge on any atom is -0.452 e. The van der Waals surface area contributed by atoms with Gasteiger partial charge >= 0.3 is 5.97 Å². The number of hydrogen-bond acceptors (Lipinski definition) is 5. The van der Waals surface area contributed by atoms with Crippen molar-refractivity contribution in [2.45, 2.75) is 13.8 Å². The van der Waals surface area contributed by atoms with Gasteiger partial charge in [0.2, 0.25) is 0 Å². The van der Waals surface area contributed by atoms with E-state index in [1.165, 1.54) is 6.20 Å². The van der Waals surface area contributed by atoms with Gasteiger partial charge in [0.1, 0.15) is 5.82 Å². The summed E-state index contributed by atoms with van der Waals surface area (Å²) in [7, 11) is 0. The molecule has 0 radical (unpaired) electrons. The predicted molar refractivity (Wildman–Crippen MR) is 122 cm³/mol. The fourth-order valence-corrected chi connectivity index (χ4v) is 3.08. The van der Waals surface area contributed by atoms with Crippen LogP contribution in [0.25, 0.3) is 16.9 Å². The molecular weight excluding hydrogens is 404 g/mol. The highest BCUT2D eigenvalue weighted by Gasteiger charge is 2.16. The van der Waals surface area contributed by atoms with Crippen LogP contribution in [0.15, 0.2) is 79.0 Å². The zero-order valence-corrected chi connectivity index (χ0v) is 17.8. The first-order chi connectivity index (χ1) is 15.5. The second kappa shape index (κ2) is 9.26. The Bertz CT molecular complexity index is 1230. The lowest BCUT2D eigenvalue weighted by molar-refractivity contribution is -0.119. The van der Waals surface area contributed by atoms with E-state index < -0.39 is 18.5 Å². The van der Waals surface area contributed by atoms with E-state index in [0.29, 0.717) is 17.1 Å². The van der Waals surface area contributed by atoms with E-state index in [1.807, 2.05) is 68.4 Å². The van der Waals surface area contributed by atoms with Crippen LogP contribution in [0.2, 0.25) is 0 Å². The van der Waals surface area contributed by atoms with Gasteiger partial charge in [0, 0.05) is 23.5 Å². The Labute approximate surface area is 185 Å². The van der Waals surface area contributed by atoms with Gasteiger partial charge in [0.05, 0.1) is 16.9 Å². The number of rotatable bonds is 6. The molecular formula is C25H22N4O3. The van der Waals surface area contributed by atoms with Crippen molar-refractivity contribution >= 4 is 17.7 Å². The van der Waals surface area contributed by atoms with Gasteiger partial charge in [-0.05, 0) is 38.1 Å². The summed E-state index contributed by atoms with van der Waals surface area (Å²) < 4.78 is 6.78. The Morgan fingerprint density at radius 3 is 2.41 bits per heavy atom. The average molecular weight is 426 g/mol. The van der Waals surface area contributed by atoms with Crippen molar-refractivity contribution in [3.8, 4) is 16.9 Å². The molecule has 4 aromatic rings. The lowest BCUT2D eigenvalue weighted by Gasteiger charge is -2.09. The van der Waals surface area contributed by atoms with Crippen LogP contribution in [0.5, 0.6) is 0 Å². The number of nitrogens with zero attached hydrogens (tertiary/aromatic N) is 3. The van der Waals surface area contributed by atoms with Crippen LogP contribution in [-0.2, 0) is 9.53 Å². The molecule has 1 N–H and O–H groups in total. The predicted octanol–water partition coefficient (Wildman–Crippen LogP) is 4.35. The average Bonchev–Trinajstić information content (AvgIpc) is 3.22. The molecule has 0 aliphatic rings. The third kappa shape index (κ3) is 4.89. The van der Waals surface area contributed by atoms with E-state index in [-0.39, 0.29) is 0 Å². The van der Waals surface area contributed by atoms with Gasteiger partial charge in [0.25, 0.3) is 5.91 Å². The Kier molecular flexibility index (Phi) is 6.07. The Morgan fingerprint density at radius 2 is 1.72 bits per heavy atom. The second-order valence-electron chi connectivity index (χ2n) is 7.34. The molecule has 4 rings (SSSR count). The number of amides is 1.